The summed E-state index contributed by atoms with van der Waals surface area (Å²) in [4.78, 5) is 6.71. The number of ether oxygens (including phenoxy) is 2. The predicted molar refractivity (Wildman–Crippen MR) is 127 cm³/mol. The van der Waals surface area contributed by atoms with Crippen LogP contribution in [0.2, 0.25) is 0 Å². The van der Waals surface area contributed by atoms with E-state index in [1.54, 1.807) is 7.05 Å². The molecule has 0 unspecified atom stereocenters. The largest absolute Gasteiger partial charge is 0.492 e. The van der Waals surface area contributed by atoms with Gasteiger partial charge in [0.15, 0.2) is 5.96 Å². The lowest BCUT2D eigenvalue weighted by molar-refractivity contribution is 0.0392. The molecule has 1 aliphatic heterocycles. The number of nitrogens with zero attached hydrogens (tertiary/aromatic N) is 2. The molecule has 1 aliphatic rings. The summed E-state index contributed by atoms with van der Waals surface area (Å²) in [6.45, 7) is 4.89. The second-order valence-electron chi connectivity index (χ2n) is 7.91. The molecule has 6 nitrogen and oxygen atoms in total. The second-order valence-corrected chi connectivity index (χ2v) is 7.91. The first-order chi connectivity index (χ1) is 15.2. The number of likely N-dealkylation sites (N-methyl/N-ethyl adjacent to an activating group) is 1. The topological polar surface area (TPSA) is 58.1 Å². The molecule has 6 heteroatoms. The molecule has 2 N–H and O–H groups in total. The molecule has 0 saturated carbocycles. The van der Waals surface area contributed by atoms with Gasteiger partial charge in [-0.3, -0.25) is 9.89 Å². The lowest BCUT2D eigenvalue weighted by Gasteiger charge is -2.31. The van der Waals surface area contributed by atoms with Gasteiger partial charge in [0.2, 0.25) is 0 Å². The minimum atomic E-state index is 0.606. The van der Waals surface area contributed by atoms with Crippen molar-refractivity contribution < 1.29 is 9.47 Å². The van der Waals surface area contributed by atoms with Crippen LogP contribution in [0, 0.1) is 0 Å². The second kappa shape index (κ2) is 13.0. The van der Waals surface area contributed by atoms with Crippen molar-refractivity contribution in [1.82, 2.24) is 15.5 Å². The van der Waals surface area contributed by atoms with E-state index in [0.717, 1.165) is 57.3 Å². The molecule has 0 radical (unpaired) electrons. The summed E-state index contributed by atoms with van der Waals surface area (Å²) in [5, 5.41) is 6.75. The molecule has 1 saturated heterocycles. The zero-order valence-corrected chi connectivity index (χ0v) is 18.8. The number of nitrogens with one attached hydrogen (secondary N) is 2. The number of benzene rings is 2. The quantitative estimate of drug-likeness (QED) is 0.453. The third-order valence-electron chi connectivity index (χ3n) is 5.66. The molecule has 0 atom stereocenters. The molecular formula is C25H36N4O2. The molecule has 2 aromatic carbocycles. The SMILES string of the molecule is CN=C(NCCc1ccccc1)NCc1cccc(OCCN(C)C2CCOCC2)c1. The minimum Gasteiger partial charge on any atom is -0.492 e. The summed E-state index contributed by atoms with van der Waals surface area (Å²) in [6.07, 6.45) is 3.18. The Hall–Kier alpha value is -2.57. The summed E-state index contributed by atoms with van der Waals surface area (Å²) in [5.41, 5.74) is 2.49. The predicted octanol–water partition coefficient (Wildman–Crippen LogP) is 3.08. The van der Waals surface area contributed by atoms with Gasteiger partial charge in [0, 0.05) is 45.9 Å². The van der Waals surface area contributed by atoms with Crippen molar-refractivity contribution >= 4 is 5.96 Å². The van der Waals surface area contributed by atoms with Crippen molar-refractivity contribution in [2.75, 3.05) is 47.0 Å². The van der Waals surface area contributed by atoms with Gasteiger partial charge in [-0.1, -0.05) is 42.5 Å². The van der Waals surface area contributed by atoms with E-state index >= 15 is 0 Å². The Morgan fingerprint density at radius 1 is 1.06 bits per heavy atom. The first kappa shape index (κ1) is 23.1. The molecule has 0 bridgehead atoms. The number of hydrogen-bond donors (Lipinski definition) is 2. The average molecular weight is 425 g/mol. The molecule has 0 aliphatic carbocycles. The molecule has 3 rings (SSSR count). The Balaban J connectivity index is 1.37. The van der Waals surface area contributed by atoms with E-state index in [9.17, 15) is 0 Å². The van der Waals surface area contributed by atoms with E-state index < -0.39 is 0 Å². The highest BCUT2D eigenvalue weighted by atomic mass is 16.5. The van der Waals surface area contributed by atoms with Crippen molar-refractivity contribution in [2.24, 2.45) is 4.99 Å². The highest BCUT2D eigenvalue weighted by Gasteiger charge is 2.17. The van der Waals surface area contributed by atoms with Crippen LogP contribution in [0.15, 0.2) is 59.6 Å². The van der Waals surface area contributed by atoms with Gasteiger partial charge >= 0.3 is 0 Å². The summed E-state index contributed by atoms with van der Waals surface area (Å²) in [6, 6.07) is 19.3. The van der Waals surface area contributed by atoms with Crippen molar-refractivity contribution in [3.8, 4) is 5.75 Å². The van der Waals surface area contributed by atoms with Gasteiger partial charge in [-0.25, -0.2) is 0 Å². The summed E-state index contributed by atoms with van der Waals surface area (Å²) < 4.78 is 11.5. The Morgan fingerprint density at radius 2 is 1.84 bits per heavy atom. The van der Waals surface area contributed by atoms with Crippen LogP contribution < -0.4 is 15.4 Å². The number of hydrogen-bond acceptors (Lipinski definition) is 4. The Morgan fingerprint density at radius 3 is 2.61 bits per heavy atom. The third kappa shape index (κ3) is 8.23. The van der Waals surface area contributed by atoms with Crippen LogP contribution in [0.25, 0.3) is 0 Å². The number of guanidine groups is 1. The first-order valence-corrected chi connectivity index (χ1v) is 11.2. The van der Waals surface area contributed by atoms with Crippen LogP contribution in [0.4, 0.5) is 0 Å². The fourth-order valence-corrected chi connectivity index (χ4v) is 3.74. The molecular weight excluding hydrogens is 388 g/mol. The van der Waals surface area contributed by atoms with E-state index in [0.29, 0.717) is 19.2 Å². The van der Waals surface area contributed by atoms with Gasteiger partial charge in [0.25, 0.3) is 0 Å². The molecule has 1 fully saturated rings. The average Bonchev–Trinajstić information content (AvgIpc) is 2.82. The number of aliphatic imine (C=N–C) groups is 1. The lowest BCUT2D eigenvalue weighted by Crippen LogP contribution is -2.38. The van der Waals surface area contributed by atoms with Gasteiger partial charge in [-0.2, -0.15) is 0 Å². The van der Waals surface area contributed by atoms with Gasteiger partial charge in [-0.05, 0) is 49.6 Å². The lowest BCUT2D eigenvalue weighted by atomic mass is 10.1. The Labute approximate surface area is 186 Å². The molecule has 0 amide bonds. The molecule has 2 aromatic rings. The minimum absolute atomic E-state index is 0.606. The van der Waals surface area contributed by atoms with Crippen LogP contribution in [-0.4, -0.2) is 63.9 Å². The summed E-state index contributed by atoms with van der Waals surface area (Å²) >= 11 is 0. The van der Waals surface area contributed by atoms with Crippen LogP contribution in [0.3, 0.4) is 0 Å². The fraction of sp³-hybridized carbons (Fsp3) is 0.480. The van der Waals surface area contributed by atoms with E-state index in [1.165, 1.54) is 11.1 Å². The van der Waals surface area contributed by atoms with Gasteiger partial charge in [-0.15, -0.1) is 0 Å². The summed E-state index contributed by atoms with van der Waals surface area (Å²) in [7, 11) is 3.97. The van der Waals surface area contributed by atoms with E-state index in [-0.39, 0.29) is 0 Å². The van der Waals surface area contributed by atoms with Crippen molar-refractivity contribution in [3.05, 3.63) is 65.7 Å². The molecule has 0 spiro atoms. The van der Waals surface area contributed by atoms with Crippen LogP contribution in [0.1, 0.15) is 24.0 Å². The zero-order chi connectivity index (χ0) is 21.7. The van der Waals surface area contributed by atoms with Gasteiger partial charge in [0.05, 0.1) is 0 Å². The zero-order valence-electron chi connectivity index (χ0n) is 18.8. The normalized spacial score (nSPS) is 15.1. The van der Waals surface area contributed by atoms with E-state index in [1.807, 2.05) is 18.2 Å². The van der Waals surface area contributed by atoms with Gasteiger partial charge in [0.1, 0.15) is 12.4 Å². The van der Waals surface area contributed by atoms with Crippen molar-refractivity contribution in [2.45, 2.75) is 31.8 Å². The van der Waals surface area contributed by atoms with Crippen molar-refractivity contribution in [3.63, 3.8) is 0 Å². The van der Waals surface area contributed by atoms with E-state index in [2.05, 4.69) is 64.0 Å². The highest BCUT2D eigenvalue weighted by Crippen LogP contribution is 2.15. The smallest absolute Gasteiger partial charge is 0.191 e. The summed E-state index contributed by atoms with van der Waals surface area (Å²) in [5.74, 6) is 1.71. The number of rotatable bonds is 10. The third-order valence-corrected chi connectivity index (χ3v) is 5.66. The maximum absolute atomic E-state index is 6.01. The maximum atomic E-state index is 6.01. The first-order valence-electron chi connectivity index (χ1n) is 11.2. The molecule has 1 heterocycles. The Kier molecular flexibility index (Phi) is 9.67. The van der Waals surface area contributed by atoms with Crippen LogP contribution in [-0.2, 0) is 17.7 Å². The Bertz CT molecular complexity index is 791. The molecule has 168 valence electrons. The maximum Gasteiger partial charge on any atom is 0.191 e. The molecule has 0 aromatic heterocycles. The monoisotopic (exact) mass is 424 g/mol. The van der Waals surface area contributed by atoms with Gasteiger partial charge < -0.3 is 20.1 Å². The van der Waals surface area contributed by atoms with Crippen LogP contribution in [0.5, 0.6) is 5.75 Å². The standard InChI is InChI=1S/C25H36N4O2/c1-26-25(27-14-11-21-7-4-3-5-8-21)28-20-22-9-6-10-24(19-22)31-18-15-29(2)23-12-16-30-17-13-23/h3-10,19,23H,11-18,20H2,1-2H3,(H2,26,27,28). The molecule has 31 heavy (non-hydrogen) atoms. The van der Waals surface area contributed by atoms with Crippen molar-refractivity contribution in [1.29, 1.82) is 0 Å². The fourth-order valence-electron chi connectivity index (χ4n) is 3.74. The highest BCUT2D eigenvalue weighted by molar-refractivity contribution is 5.79. The van der Waals surface area contributed by atoms with Crippen LogP contribution >= 0.6 is 0 Å². The van der Waals surface area contributed by atoms with E-state index in [4.69, 9.17) is 9.47 Å².